The van der Waals surface area contributed by atoms with Crippen LogP contribution in [-0.4, -0.2) is 42.2 Å². The minimum Gasteiger partial charge on any atom is -0.399 e. The molecule has 0 unspecified atom stereocenters. The molecule has 0 atom stereocenters. The molecule has 1 aromatic carbocycles. The van der Waals surface area contributed by atoms with Gasteiger partial charge in [0.1, 0.15) is 0 Å². The lowest BCUT2D eigenvalue weighted by molar-refractivity contribution is 0.0564. The van der Waals surface area contributed by atoms with E-state index in [2.05, 4.69) is 10.3 Å². The van der Waals surface area contributed by atoms with Crippen LogP contribution in [-0.2, 0) is 4.74 Å². The van der Waals surface area contributed by atoms with Gasteiger partial charge in [0.25, 0.3) is 0 Å². The monoisotopic (exact) mass is 278 g/mol. The van der Waals surface area contributed by atoms with Gasteiger partial charge in [-0.25, -0.2) is 9.78 Å². The van der Waals surface area contributed by atoms with Gasteiger partial charge in [-0.2, -0.15) is 0 Å². The number of amides is 2. The van der Waals surface area contributed by atoms with Crippen LogP contribution in [0.2, 0.25) is 0 Å². The van der Waals surface area contributed by atoms with E-state index >= 15 is 0 Å². The first-order chi connectivity index (χ1) is 9.22. The number of rotatable bonds is 1. The molecule has 0 spiro atoms. The zero-order valence-corrected chi connectivity index (χ0v) is 11.1. The maximum Gasteiger partial charge on any atom is 0.323 e. The summed E-state index contributed by atoms with van der Waals surface area (Å²) in [5, 5.41) is 3.41. The van der Waals surface area contributed by atoms with Crippen molar-refractivity contribution in [1.82, 2.24) is 9.88 Å². The maximum atomic E-state index is 12.0. The van der Waals surface area contributed by atoms with Crippen LogP contribution in [0.25, 0.3) is 10.2 Å². The molecule has 1 fully saturated rings. The molecule has 0 bridgehead atoms. The zero-order chi connectivity index (χ0) is 13.2. The van der Waals surface area contributed by atoms with Gasteiger partial charge in [0, 0.05) is 18.8 Å². The molecule has 0 aliphatic carbocycles. The molecule has 0 saturated carbocycles. The van der Waals surface area contributed by atoms with Gasteiger partial charge in [-0.1, -0.05) is 11.3 Å². The lowest BCUT2D eigenvalue weighted by Gasteiger charge is -2.26. The third kappa shape index (κ3) is 2.61. The van der Waals surface area contributed by atoms with Crippen molar-refractivity contribution in [1.29, 1.82) is 0 Å². The van der Waals surface area contributed by atoms with Gasteiger partial charge in [0.15, 0.2) is 5.13 Å². The van der Waals surface area contributed by atoms with E-state index in [0.29, 0.717) is 37.1 Å². The largest absolute Gasteiger partial charge is 0.399 e. The number of morpholine rings is 1. The lowest BCUT2D eigenvalue weighted by Crippen LogP contribution is -2.43. The number of hydrogen-bond donors (Lipinski definition) is 2. The number of aromatic nitrogens is 1. The SMILES string of the molecule is Nc1ccc2nc(NC(=O)N3CCOCC3)sc2c1. The summed E-state index contributed by atoms with van der Waals surface area (Å²) in [7, 11) is 0. The molecule has 2 heterocycles. The highest BCUT2D eigenvalue weighted by Gasteiger charge is 2.18. The van der Waals surface area contributed by atoms with E-state index in [1.54, 1.807) is 11.0 Å². The number of nitrogen functional groups attached to an aromatic ring is 1. The normalized spacial score (nSPS) is 15.7. The highest BCUT2D eigenvalue weighted by atomic mass is 32.1. The van der Waals surface area contributed by atoms with E-state index in [1.807, 2.05) is 12.1 Å². The number of carbonyl (C=O) groups excluding carboxylic acids is 1. The molecule has 1 saturated heterocycles. The molecule has 6 nitrogen and oxygen atoms in total. The van der Waals surface area contributed by atoms with E-state index in [-0.39, 0.29) is 6.03 Å². The second-order valence-electron chi connectivity index (χ2n) is 4.28. The minimum absolute atomic E-state index is 0.129. The fraction of sp³-hybridized carbons (Fsp3) is 0.333. The predicted molar refractivity (Wildman–Crippen MR) is 75.4 cm³/mol. The Balaban J connectivity index is 1.75. The zero-order valence-electron chi connectivity index (χ0n) is 10.3. The quantitative estimate of drug-likeness (QED) is 0.779. The number of urea groups is 1. The fourth-order valence-electron chi connectivity index (χ4n) is 1.93. The molecule has 7 heteroatoms. The van der Waals surface area contributed by atoms with E-state index < -0.39 is 0 Å². The number of anilines is 2. The number of nitrogens with zero attached hydrogens (tertiary/aromatic N) is 2. The number of thiazole rings is 1. The second-order valence-corrected chi connectivity index (χ2v) is 5.31. The third-order valence-corrected chi connectivity index (χ3v) is 3.86. The molecule has 19 heavy (non-hydrogen) atoms. The van der Waals surface area contributed by atoms with Crippen LogP contribution in [0.4, 0.5) is 15.6 Å². The Labute approximate surface area is 114 Å². The third-order valence-electron chi connectivity index (χ3n) is 2.92. The first-order valence-electron chi connectivity index (χ1n) is 6.02. The Morgan fingerprint density at radius 1 is 1.42 bits per heavy atom. The Bertz CT molecular complexity index is 607. The lowest BCUT2D eigenvalue weighted by atomic mass is 10.3. The van der Waals surface area contributed by atoms with Gasteiger partial charge < -0.3 is 15.4 Å². The van der Waals surface area contributed by atoms with Crippen molar-refractivity contribution in [3.63, 3.8) is 0 Å². The Hall–Kier alpha value is -1.86. The summed E-state index contributed by atoms with van der Waals surface area (Å²) in [6.07, 6.45) is 0. The Morgan fingerprint density at radius 3 is 3.00 bits per heavy atom. The molecule has 1 aliphatic heterocycles. The topological polar surface area (TPSA) is 80.5 Å². The Morgan fingerprint density at radius 2 is 2.21 bits per heavy atom. The first-order valence-corrected chi connectivity index (χ1v) is 6.84. The van der Waals surface area contributed by atoms with Crippen molar-refractivity contribution in [2.75, 3.05) is 37.4 Å². The van der Waals surface area contributed by atoms with E-state index in [4.69, 9.17) is 10.5 Å². The minimum atomic E-state index is -0.129. The van der Waals surface area contributed by atoms with Gasteiger partial charge in [-0.05, 0) is 18.2 Å². The summed E-state index contributed by atoms with van der Waals surface area (Å²) < 4.78 is 6.18. The maximum absolute atomic E-state index is 12.0. The van der Waals surface area contributed by atoms with Crippen molar-refractivity contribution in [3.8, 4) is 0 Å². The molecule has 1 aromatic heterocycles. The number of carbonyl (C=O) groups is 1. The molecule has 3 rings (SSSR count). The van der Waals surface area contributed by atoms with Crippen molar-refractivity contribution in [2.45, 2.75) is 0 Å². The van der Waals surface area contributed by atoms with E-state index in [0.717, 1.165) is 10.2 Å². The van der Waals surface area contributed by atoms with Gasteiger partial charge in [-0.3, -0.25) is 5.32 Å². The molecular weight excluding hydrogens is 264 g/mol. The predicted octanol–water partition coefficient (Wildman–Crippen LogP) is 1.74. The Kier molecular flexibility index (Phi) is 3.22. The molecule has 0 radical (unpaired) electrons. The van der Waals surface area contributed by atoms with Crippen LogP contribution in [0.3, 0.4) is 0 Å². The molecule has 3 N–H and O–H groups in total. The summed E-state index contributed by atoms with van der Waals surface area (Å²) in [4.78, 5) is 18.1. The molecule has 1 aliphatic rings. The van der Waals surface area contributed by atoms with Crippen LogP contribution < -0.4 is 11.1 Å². The molecule has 100 valence electrons. The van der Waals surface area contributed by atoms with Crippen molar-refractivity contribution in [2.24, 2.45) is 0 Å². The van der Waals surface area contributed by atoms with Crippen LogP contribution in [0.1, 0.15) is 0 Å². The van der Waals surface area contributed by atoms with Crippen LogP contribution >= 0.6 is 11.3 Å². The number of fused-ring (bicyclic) bond motifs is 1. The second kappa shape index (κ2) is 5.02. The van der Waals surface area contributed by atoms with Crippen molar-refractivity contribution >= 4 is 38.4 Å². The fourth-order valence-corrected chi connectivity index (χ4v) is 2.84. The smallest absolute Gasteiger partial charge is 0.323 e. The summed E-state index contributed by atoms with van der Waals surface area (Å²) in [5.41, 5.74) is 7.26. The summed E-state index contributed by atoms with van der Waals surface area (Å²) in [5.74, 6) is 0. The van der Waals surface area contributed by atoms with Crippen molar-refractivity contribution < 1.29 is 9.53 Å². The van der Waals surface area contributed by atoms with E-state index in [1.165, 1.54) is 11.3 Å². The average molecular weight is 278 g/mol. The van der Waals surface area contributed by atoms with Gasteiger partial charge >= 0.3 is 6.03 Å². The van der Waals surface area contributed by atoms with Crippen LogP contribution in [0.15, 0.2) is 18.2 Å². The van der Waals surface area contributed by atoms with Gasteiger partial charge in [-0.15, -0.1) is 0 Å². The van der Waals surface area contributed by atoms with Crippen molar-refractivity contribution in [3.05, 3.63) is 18.2 Å². The standard InChI is InChI=1S/C12H14N4O2S/c13-8-1-2-9-10(7-8)19-11(14-9)15-12(17)16-3-5-18-6-4-16/h1-2,7H,3-6,13H2,(H,14,15,17). The van der Waals surface area contributed by atoms with Gasteiger partial charge in [0.05, 0.1) is 23.4 Å². The van der Waals surface area contributed by atoms with Crippen LogP contribution in [0, 0.1) is 0 Å². The highest BCUT2D eigenvalue weighted by Crippen LogP contribution is 2.27. The number of nitrogens with two attached hydrogens (primary N) is 1. The number of nitrogens with one attached hydrogen (secondary N) is 1. The summed E-state index contributed by atoms with van der Waals surface area (Å²) in [6.45, 7) is 2.40. The number of hydrogen-bond acceptors (Lipinski definition) is 5. The number of ether oxygens (including phenoxy) is 1. The van der Waals surface area contributed by atoms with E-state index in [9.17, 15) is 4.79 Å². The first kappa shape index (κ1) is 12.2. The molecule has 2 aromatic rings. The molecule has 2 amide bonds. The molecular formula is C12H14N4O2S. The summed E-state index contributed by atoms with van der Waals surface area (Å²) in [6, 6.07) is 5.38. The van der Waals surface area contributed by atoms with Crippen LogP contribution in [0.5, 0.6) is 0 Å². The average Bonchev–Trinajstić information content (AvgIpc) is 2.81. The van der Waals surface area contributed by atoms with Gasteiger partial charge in [0.2, 0.25) is 0 Å². The number of benzene rings is 1. The highest BCUT2D eigenvalue weighted by molar-refractivity contribution is 7.22. The summed E-state index contributed by atoms with van der Waals surface area (Å²) >= 11 is 1.42.